The molecule has 1 aliphatic heterocycles. The van der Waals surface area contributed by atoms with Crippen molar-refractivity contribution in [1.82, 2.24) is 24.8 Å². The van der Waals surface area contributed by atoms with E-state index in [0.717, 1.165) is 38.0 Å². The molecule has 0 bridgehead atoms. The fraction of sp³-hybridized carbons (Fsp3) is 0.550. The van der Waals surface area contributed by atoms with Crippen molar-refractivity contribution in [3.63, 3.8) is 0 Å². The van der Waals surface area contributed by atoms with Crippen molar-refractivity contribution in [3.05, 3.63) is 35.7 Å². The number of nitrogens with zero attached hydrogens (tertiary/aromatic N) is 5. The summed E-state index contributed by atoms with van der Waals surface area (Å²) in [5.41, 5.74) is 1.53. The number of phenolic OH excluding ortho intramolecular Hbond substituents is 1. The SMILES string of the molecule is CCN(CC)C(=O)c1cn(C2CCN(Cc3ccc(O)c(OC)c3)CC2)nn1. The first-order valence-electron chi connectivity index (χ1n) is 9.85. The zero-order chi connectivity index (χ0) is 20.1. The van der Waals surface area contributed by atoms with Crippen LogP contribution in [0.3, 0.4) is 0 Å². The number of hydrogen-bond acceptors (Lipinski definition) is 6. The van der Waals surface area contributed by atoms with Gasteiger partial charge in [0.25, 0.3) is 5.91 Å². The molecule has 2 heterocycles. The van der Waals surface area contributed by atoms with E-state index in [1.807, 2.05) is 30.7 Å². The monoisotopic (exact) mass is 387 g/mol. The van der Waals surface area contributed by atoms with Gasteiger partial charge in [0.1, 0.15) is 0 Å². The summed E-state index contributed by atoms with van der Waals surface area (Å²) in [4.78, 5) is 16.5. The maximum absolute atomic E-state index is 12.4. The number of phenols is 1. The summed E-state index contributed by atoms with van der Waals surface area (Å²) in [7, 11) is 1.56. The number of piperidine rings is 1. The molecule has 1 amide bonds. The molecule has 0 spiro atoms. The Morgan fingerprint density at radius 1 is 1.29 bits per heavy atom. The summed E-state index contributed by atoms with van der Waals surface area (Å²) in [6.07, 6.45) is 3.70. The Bertz CT molecular complexity index is 795. The van der Waals surface area contributed by atoms with Crippen LogP contribution in [-0.2, 0) is 6.54 Å². The molecule has 152 valence electrons. The van der Waals surface area contributed by atoms with E-state index < -0.39 is 0 Å². The van der Waals surface area contributed by atoms with Crippen LogP contribution in [0, 0.1) is 0 Å². The van der Waals surface area contributed by atoms with Gasteiger partial charge < -0.3 is 14.7 Å². The highest BCUT2D eigenvalue weighted by Crippen LogP contribution is 2.28. The Labute approximate surface area is 165 Å². The van der Waals surface area contributed by atoms with Crippen LogP contribution in [0.5, 0.6) is 11.5 Å². The van der Waals surface area contributed by atoms with Crippen LogP contribution < -0.4 is 4.74 Å². The van der Waals surface area contributed by atoms with Crippen LogP contribution in [0.1, 0.15) is 48.8 Å². The van der Waals surface area contributed by atoms with Gasteiger partial charge in [0.05, 0.1) is 19.3 Å². The second-order valence-electron chi connectivity index (χ2n) is 7.07. The number of carbonyl (C=O) groups excluding carboxylic acids is 1. The molecule has 1 fully saturated rings. The summed E-state index contributed by atoms with van der Waals surface area (Å²) in [6, 6.07) is 5.73. The number of carbonyl (C=O) groups is 1. The van der Waals surface area contributed by atoms with E-state index in [9.17, 15) is 9.90 Å². The average Bonchev–Trinajstić information content (AvgIpc) is 3.21. The number of benzene rings is 1. The van der Waals surface area contributed by atoms with Crippen LogP contribution in [0.15, 0.2) is 24.4 Å². The van der Waals surface area contributed by atoms with Crippen LogP contribution in [0.4, 0.5) is 0 Å². The van der Waals surface area contributed by atoms with Gasteiger partial charge in [-0.15, -0.1) is 5.10 Å². The average molecular weight is 387 g/mol. The summed E-state index contributed by atoms with van der Waals surface area (Å²) < 4.78 is 7.03. The van der Waals surface area contributed by atoms with Gasteiger partial charge in [0.2, 0.25) is 0 Å². The van der Waals surface area contributed by atoms with Gasteiger partial charge in [-0.3, -0.25) is 9.69 Å². The quantitative estimate of drug-likeness (QED) is 0.785. The minimum atomic E-state index is -0.0602. The number of methoxy groups -OCH3 is 1. The van der Waals surface area contributed by atoms with Gasteiger partial charge in [0, 0.05) is 32.7 Å². The van der Waals surface area contributed by atoms with Crippen molar-refractivity contribution >= 4 is 5.91 Å². The zero-order valence-corrected chi connectivity index (χ0v) is 16.8. The highest BCUT2D eigenvalue weighted by atomic mass is 16.5. The summed E-state index contributed by atoms with van der Waals surface area (Å²) in [5, 5.41) is 18.0. The minimum absolute atomic E-state index is 0.0602. The van der Waals surface area contributed by atoms with Gasteiger partial charge in [0.15, 0.2) is 17.2 Å². The third-order valence-corrected chi connectivity index (χ3v) is 5.36. The molecule has 1 aromatic heterocycles. The number of ether oxygens (including phenoxy) is 1. The summed E-state index contributed by atoms with van der Waals surface area (Å²) >= 11 is 0. The predicted octanol–water partition coefficient (Wildman–Crippen LogP) is 2.31. The van der Waals surface area contributed by atoms with Gasteiger partial charge in [-0.05, 0) is 44.4 Å². The van der Waals surface area contributed by atoms with Crippen LogP contribution in [0.25, 0.3) is 0 Å². The van der Waals surface area contributed by atoms with E-state index in [1.165, 1.54) is 0 Å². The van der Waals surface area contributed by atoms with Crippen molar-refractivity contribution in [1.29, 1.82) is 0 Å². The highest BCUT2D eigenvalue weighted by molar-refractivity contribution is 5.91. The Kier molecular flexibility index (Phi) is 6.51. The molecule has 0 saturated carbocycles. The number of aromatic hydroxyl groups is 1. The van der Waals surface area contributed by atoms with Gasteiger partial charge in [-0.25, -0.2) is 4.68 Å². The van der Waals surface area contributed by atoms with E-state index in [0.29, 0.717) is 24.5 Å². The number of rotatable bonds is 7. The normalized spacial score (nSPS) is 15.5. The Morgan fingerprint density at radius 3 is 2.64 bits per heavy atom. The molecule has 0 radical (unpaired) electrons. The van der Waals surface area contributed by atoms with E-state index in [2.05, 4.69) is 15.2 Å². The molecule has 1 aliphatic rings. The Balaban J connectivity index is 1.56. The lowest BCUT2D eigenvalue weighted by atomic mass is 10.0. The third-order valence-electron chi connectivity index (χ3n) is 5.36. The van der Waals surface area contributed by atoms with Crippen molar-refractivity contribution < 1.29 is 14.6 Å². The fourth-order valence-electron chi connectivity index (χ4n) is 3.65. The molecule has 1 aromatic carbocycles. The molecule has 1 saturated heterocycles. The summed E-state index contributed by atoms with van der Waals surface area (Å²) in [6.45, 7) is 7.95. The molecular weight excluding hydrogens is 358 g/mol. The zero-order valence-electron chi connectivity index (χ0n) is 16.8. The van der Waals surface area contributed by atoms with Crippen molar-refractivity contribution in [2.75, 3.05) is 33.3 Å². The molecule has 8 nitrogen and oxygen atoms in total. The molecule has 8 heteroatoms. The number of aromatic nitrogens is 3. The smallest absolute Gasteiger partial charge is 0.276 e. The Morgan fingerprint density at radius 2 is 2.00 bits per heavy atom. The molecule has 3 rings (SSSR count). The topological polar surface area (TPSA) is 83.7 Å². The van der Waals surface area contributed by atoms with Crippen LogP contribution >= 0.6 is 0 Å². The van der Waals surface area contributed by atoms with E-state index in [1.54, 1.807) is 24.3 Å². The van der Waals surface area contributed by atoms with Crippen molar-refractivity contribution in [2.45, 2.75) is 39.3 Å². The molecule has 1 N–H and O–H groups in total. The lowest BCUT2D eigenvalue weighted by Gasteiger charge is -2.31. The molecule has 0 atom stereocenters. The van der Waals surface area contributed by atoms with Crippen LogP contribution in [-0.4, -0.2) is 69.1 Å². The van der Waals surface area contributed by atoms with Crippen LogP contribution in [0.2, 0.25) is 0 Å². The predicted molar refractivity (Wildman–Crippen MR) is 105 cm³/mol. The third kappa shape index (κ3) is 4.44. The highest BCUT2D eigenvalue weighted by Gasteiger charge is 2.24. The number of amides is 1. The maximum atomic E-state index is 12.4. The van der Waals surface area contributed by atoms with Gasteiger partial charge in [-0.2, -0.15) is 0 Å². The van der Waals surface area contributed by atoms with Gasteiger partial charge >= 0.3 is 0 Å². The minimum Gasteiger partial charge on any atom is -0.504 e. The lowest BCUT2D eigenvalue weighted by molar-refractivity contribution is 0.0767. The first-order valence-corrected chi connectivity index (χ1v) is 9.85. The summed E-state index contributed by atoms with van der Waals surface area (Å²) in [5.74, 6) is 0.599. The standard InChI is InChI=1S/C20H29N5O3/c1-4-24(5-2)20(27)17-14-25(22-21-17)16-8-10-23(11-9-16)13-15-6-7-18(26)19(12-15)28-3/h6-7,12,14,16,26H,4-5,8-11,13H2,1-3H3. The molecule has 28 heavy (non-hydrogen) atoms. The largest absolute Gasteiger partial charge is 0.504 e. The first-order chi connectivity index (χ1) is 13.5. The van der Waals surface area contributed by atoms with E-state index in [4.69, 9.17) is 4.74 Å². The molecular formula is C20H29N5O3. The van der Waals surface area contributed by atoms with E-state index >= 15 is 0 Å². The van der Waals surface area contributed by atoms with Crippen molar-refractivity contribution in [3.8, 4) is 11.5 Å². The number of likely N-dealkylation sites (tertiary alicyclic amines) is 1. The lowest BCUT2D eigenvalue weighted by Crippen LogP contribution is -2.34. The van der Waals surface area contributed by atoms with Gasteiger partial charge in [-0.1, -0.05) is 11.3 Å². The second kappa shape index (κ2) is 9.05. The maximum Gasteiger partial charge on any atom is 0.276 e. The molecule has 2 aromatic rings. The Hall–Kier alpha value is -2.61. The first kappa shape index (κ1) is 20.1. The van der Waals surface area contributed by atoms with Crippen molar-refractivity contribution in [2.24, 2.45) is 0 Å². The molecule has 0 unspecified atom stereocenters. The second-order valence-corrected chi connectivity index (χ2v) is 7.07. The molecule has 0 aliphatic carbocycles. The number of hydrogen-bond donors (Lipinski definition) is 1. The fourth-order valence-corrected chi connectivity index (χ4v) is 3.65. The van der Waals surface area contributed by atoms with E-state index in [-0.39, 0.29) is 17.7 Å².